The van der Waals surface area contributed by atoms with E-state index >= 15 is 0 Å². The van der Waals surface area contributed by atoms with E-state index in [2.05, 4.69) is 11.0 Å². The quantitative estimate of drug-likeness (QED) is 0.689. The summed E-state index contributed by atoms with van der Waals surface area (Å²) in [5.74, 6) is 0.902. The Morgan fingerprint density at radius 2 is 2.24 bits per heavy atom. The average molecular weight is 286 g/mol. The molecule has 1 fully saturated rings. The fourth-order valence-electron chi connectivity index (χ4n) is 2.46. The van der Waals surface area contributed by atoms with Gasteiger partial charge in [-0.05, 0) is 44.9 Å². The summed E-state index contributed by atoms with van der Waals surface area (Å²) in [6.45, 7) is 5.65. The van der Waals surface area contributed by atoms with Crippen LogP contribution >= 0.6 is 0 Å². The molecule has 21 heavy (non-hydrogen) atoms. The Bertz CT molecular complexity index is 544. The molecule has 0 saturated heterocycles. The van der Waals surface area contributed by atoms with Gasteiger partial charge in [-0.15, -0.1) is 0 Å². The number of carbonyl (C=O) groups is 1. The van der Waals surface area contributed by atoms with Crippen LogP contribution in [0.1, 0.15) is 49.0 Å². The van der Waals surface area contributed by atoms with Gasteiger partial charge in [0.05, 0.1) is 12.7 Å². The van der Waals surface area contributed by atoms with Crippen molar-refractivity contribution >= 4 is 5.78 Å². The Kier molecular flexibility index (Phi) is 5.35. The first-order valence-electron chi connectivity index (χ1n) is 7.53. The van der Waals surface area contributed by atoms with E-state index in [4.69, 9.17) is 10.00 Å². The number of nitrogens with zero attached hydrogens (tertiary/aromatic N) is 2. The lowest BCUT2D eigenvalue weighted by atomic mass is 10.1. The summed E-state index contributed by atoms with van der Waals surface area (Å²) >= 11 is 0. The van der Waals surface area contributed by atoms with Crippen LogP contribution in [-0.2, 0) is 6.54 Å². The zero-order valence-electron chi connectivity index (χ0n) is 12.8. The van der Waals surface area contributed by atoms with Gasteiger partial charge in [-0.1, -0.05) is 0 Å². The minimum Gasteiger partial charge on any atom is -0.494 e. The Labute approximate surface area is 126 Å². The Morgan fingerprint density at radius 3 is 2.81 bits per heavy atom. The number of hydrogen-bond donors (Lipinski definition) is 0. The zero-order valence-corrected chi connectivity index (χ0v) is 12.8. The fraction of sp³-hybridized carbons (Fsp3) is 0.529. The van der Waals surface area contributed by atoms with E-state index < -0.39 is 0 Å². The van der Waals surface area contributed by atoms with Crippen LogP contribution in [-0.4, -0.2) is 29.9 Å². The molecule has 0 spiro atoms. The van der Waals surface area contributed by atoms with Gasteiger partial charge in [0, 0.05) is 36.7 Å². The molecular formula is C17H22N2O2. The zero-order chi connectivity index (χ0) is 15.2. The van der Waals surface area contributed by atoms with Gasteiger partial charge in [-0.2, -0.15) is 5.26 Å². The second-order valence-electron chi connectivity index (χ2n) is 5.42. The van der Waals surface area contributed by atoms with Crippen molar-refractivity contribution in [3.63, 3.8) is 0 Å². The average Bonchev–Trinajstić information content (AvgIpc) is 3.29. The van der Waals surface area contributed by atoms with Crippen molar-refractivity contribution in [1.82, 2.24) is 4.90 Å². The third kappa shape index (κ3) is 4.30. The molecule has 0 aromatic heterocycles. The molecule has 0 radical (unpaired) electrons. The SMILES string of the molecule is CCOc1ccc(C(C)=O)cc1CN(CCC#N)C1CC1. The molecule has 4 nitrogen and oxygen atoms in total. The summed E-state index contributed by atoms with van der Waals surface area (Å²) in [4.78, 5) is 13.9. The van der Waals surface area contributed by atoms with E-state index in [9.17, 15) is 4.79 Å². The van der Waals surface area contributed by atoms with Crippen LogP contribution < -0.4 is 4.74 Å². The number of benzene rings is 1. The van der Waals surface area contributed by atoms with Gasteiger partial charge in [0.1, 0.15) is 5.75 Å². The maximum absolute atomic E-state index is 11.6. The summed E-state index contributed by atoms with van der Waals surface area (Å²) in [6.07, 6.45) is 2.93. The van der Waals surface area contributed by atoms with Crippen LogP contribution in [0.5, 0.6) is 5.75 Å². The lowest BCUT2D eigenvalue weighted by molar-refractivity contribution is 0.101. The highest BCUT2D eigenvalue weighted by atomic mass is 16.5. The molecular weight excluding hydrogens is 264 g/mol. The van der Waals surface area contributed by atoms with Crippen LogP contribution in [0.25, 0.3) is 0 Å². The highest BCUT2D eigenvalue weighted by Crippen LogP contribution is 2.31. The highest BCUT2D eigenvalue weighted by molar-refractivity contribution is 5.94. The van der Waals surface area contributed by atoms with Crippen molar-refractivity contribution in [3.05, 3.63) is 29.3 Å². The van der Waals surface area contributed by atoms with Crippen molar-refractivity contribution < 1.29 is 9.53 Å². The molecule has 0 unspecified atom stereocenters. The van der Waals surface area contributed by atoms with Gasteiger partial charge in [0.15, 0.2) is 5.78 Å². The molecule has 1 aromatic carbocycles. The van der Waals surface area contributed by atoms with E-state index in [0.717, 1.165) is 24.4 Å². The van der Waals surface area contributed by atoms with E-state index in [1.54, 1.807) is 6.92 Å². The van der Waals surface area contributed by atoms with Crippen LogP contribution in [0.15, 0.2) is 18.2 Å². The summed E-state index contributed by atoms with van der Waals surface area (Å²) in [6, 6.07) is 8.41. The first-order chi connectivity index (χ1) is 10.2. The second kappa shape index (κ2) is 7.24. The first kappa shape index (κ1) is 15.5. The molecule has 0 amide bonds. The molecule has 1 saturated carbocycles. The van der Waals surface area contributed by atoms with Crippen LogP contribution in [0.4, 0.5) is 0 Å². The topological polar surface area (TPSA) is 53.3 Å². The molecule has 1 aromatic rings. The molecule has 1 aliphatic carbocycles. The summed E-state index contributed by atoms with van der Waals surface area (Å²) in [7, 11) is 0. The van der Waals surface area contributed by atoms with E-state index in [-0.39, 0.29) is 5.78 Å². The Morgan fingerprint density at radius 1 is 1.48 bits per heavy atom. The third-order valence-electron chi connectivity index (χ3n) is 3.71. The van der Waals surface area contributed by atoms with Gasteiger partial charge >= 0.3 is 0 Å². The normalized spacial score (nSPS) is 14.0. The maximum Gasteiger partial charge on any atom is 0.159 e. The predicted molar refractivity (Wildman–Crippen MR) is 81.3 cm³/mol. The summed E-state index contributed by atoms with van der Waals surface area (Å²) in [5, 5.41) is 8.79. The number of ketones is 1. The van der Waals surface area contributed by atoms with Crippen LogP contribution in [0.2, 0.25) is 0 Å². The fourth-order valence-corrected chi connectivity index (χ4v) is 2.46. The lowest BCUT2D eigenvalue weighted by Crippen LogP contribution is -2.27. The number of ether oxygens (including phenoxy) is 1. The lowest BCUT2D eigenvalue weighted by Gasteiger charge is -2.22. The number of rotatable bonds is 8. The summed E-state index contributed by atoms with van der Waals surface area (Å²) < 4.78 is 5.67. The van der Waals surface area contributed by atoms with Gasteiger partial charge in [-0.3, -0.25) is 9.69 Å². The van der Waals surface area contributed by atoms with Gasteiger partial charge < -0.3 is 4.74 Å². The van der Waals surface area contributed by atoms with Crippen molar-refractivity contribution in [3.8, 4) is 11.8 Å². The molecule has 0 N–H and O–H groups in total. The Balaban J connectivity index is 2.19. The second-order valence-corrected chi connectivity index (χ2v) is 5.42. The van der Waals surface area contributed by atoms with Crippen molar-refractivity contribution in [2.24, 2.45) is 0 Å². The monoisotopic (exact) mass is 286 g/mol. The van der Waals surface area contributed by atoms with Crippen LogP contribution in [0.3, 0.4) is 0 Å². The molecule has 2 rings (SSSR count). The maximum atomic E-state index is 11.6. The van der Waals surface area contributed by atoms with Crippen molar-refractivity contribution in [2.45, 2.75) is 45.7 Å². The standard InChI is InChI=1S/C17H22N2O2/c1-3-21-17-8-5-14(13(2)20)11-15(17)12-19(10-4-9-18)16-6-7-16/h5,8,11,16H,3-4,6-7,10,12H2,1-2H3. The molecule has 112 valence electrons. The van der Waals surface area contributed by atoms with E-state index in [1.165, 1.54) is 12.8 Å². The minimum absolute atomic E-state index is 0.0642. The largest absolute Gasteiger partial charge is 0.494 e. The molecule has 0 aliphatic heterocycles. The van der Waals surface area contributed by atoms with Gasteiger partial charge in [-0.25, -0.2) is 0 Å². The Hall–Kier alpha value is -1.86. The number of Topliss-reactive ketones (excluding diaryl/α,β-unsaturated/α-hetero) is 1. The number of nitriles is 1. The summed E-state index contributed by atoms with van der Waals surface area (Å²) in [5.41, 5.74) is 1.75. The number of carbonyl (C=O) groups excluding carboxylic acids is 1. The smallest absolute Gasteiger partial charge is 0.159 e. The first-order valence-corrected chi connectivity index (χ1v) is 7.53. The number of hydrogen-bond acceptors (Lipinski definition) is 4. The van der Waals surface area contributed by atoms with Gasteiger partial charge in [0.25, 0.3) is 0 Å². The predicted octanol–water partition coefficient (Wildman–Crippen LogP) is 3.17. The van der Waals surface area contributed by atoms with E-state index in [1.807, 2.05) is 25.1 Å². The molecule has 0 heterocycles. The minimum atomic E-state index is 0.0642. The van der Waals surface area contributed by atoms with E-state index in [0.29, 0.717) is 24.6 Å². The van der Waals surface area contributed by atoms with Crippen LogP contribution in [0, 0.1) is 11.3 Å². The van der Waals surface area contributed by atoms with Crippen molar-refractivity contribution in [1.29, 1.82) is 5.26 Å². The molecule has 0 bridgehead atoms. The third-order valence-corrected chi connectivity index (χ3v) is 3.71. The molecule has 0 atom stereocenters. The van der Waals surface area contributed by atoms with Crippen molar-refractivity contribution in [2.75, 3.05) is 13.2 Å². The molecule has 1 aliphatic rings. The molecule has 4 heteroatoms. The highest BCUT2D eigenvalue weighted by Gasteiger charge is 2.29. The van der Waals surface area contributed by atoms with Gasteiger partial charge in [0.2, 0.25) is 0 Å².